The highest BCUT2D eigenvalue weighted by molar-refractivity contribution is 7.90. The Morgan fingerprint density at radius 3 is 2.68 bits per heavy atom. The van der Waals surface area contributed by atoms with E-state index in [1.807, 2.05) is 0 Å². The van der Waals surface area contributed by atoms with Crippen molar-refractivity contribution >= 4 is 39.4 Å². The minimum Gasteiger partial charge on any atom is -0.346 e. The van der Waals surface area contributed by atoms with E-state index in [1.165, 1.54) is 10.5 Å². The predicted molar refractivity (Wildman–Crippen MR) is 113 cm³/mol. The van der Waals surface area contributed by atoms with Crippen molar-refractivity contribution in [1.82, 2.24) is 9.29 Å². The molecule has 31 heavy (non-hydrogen) atoms. The number of nitrogens with one attached hydrogen (secondary N) is 2. The first-order valence-electron chi connectivity index (χ1n) is 9.83. The molecule has 4 rings (SSSR count). The van der Waals surface area contributed by atoms with Crippen molar-refractivity contribution in [3.05, 3.63) is 51.8 Å². The molecule has 0 radical (unpaired) electrons. The Morgan fingerprint density at radius 2 is 1.97 bits per heavy atom. The second-order valence-electron chi connectivity index (χ2n) is 7.88. The summed E-state index contributed by atoms with van der Waals surface area (Å²) in [5, 5.41) is 0.354. The van der Waals surface area contributed by atoms with E-state index in [4.69, 9.17) is 11.6 Å². The molecule has 11 heteroatoms. The van der Waals surface area contributed by atoms with Crippen molar-refractivity contribution in [1.29, 1.82) is 0 Å². The lowest BCUT2D eigenvalue weighted by molar-refractivity contribution is 0.103. The standard InChI is InChI=1S/C20H21ClF2N4O3S/c1-20(21)9-12-13(10-24-19(12)25-11-20)18(28)16-14(22)5-6-15(17(16)23)26-31(29,30)27-7-3-2-4-8-27/h5-6,9-10,26H,2-4,7-8,11H2,1H3,(H,24,25). The summed E-state index contributed by atoms with van der Waals surface area (Å²) in [4.78, 5) is 19.3. The zero-order chi connectivity index (χ0) is 22.4. The first kappa shape index (κ1) is 21.9. The molecular weight excluding hydrogens is 450 g/mol. The summed E-state index contributed by atoms with van der Waals surface area (Å²) in [6.45, 7) is 2.62. The molecule has 1 aromatic carbocycles. The monoisotopic (exact) mass is 470 g/mol. The molecule has 2 aliphatic heterocycles. The zero-order valence-electron chi connectivity index (χ0n) is 16.7. The Bertz CT molecular complexity index is 1270. The minimum absolute atomic E-state index is 0.000775. The third kappa shape index (κ3) is 4.24. The molecule has 0 aliphatic carbocycles. The summed E-state index contributed by atoms with van der Waals surface area (Å²) in [7, 11) is -4.03. The number of hydrogen-bond acceptors (Lipinski definition) is 4. The Kier molecular flexibility index (Phi) is 5.65. The number of H-pyrrole nitrogens is 1. The molecule has 2 N–H and O–H groups in total. The lowest BCUT2D eigenvalue weighted by atomic mass is 10.00. The van der Waals surface area contributed by atoms with Gasteiger partial charge in [0.25, 0.3) is 0 Å². The van der Waals surface area contributed by atoms with Crippen LogP contribution in [0.4, 0.5) is 14.5 Å². The van der Waals surface area contributed by atoms with Gasteiger partial charge >= 0.3 is 10.2 Å². The van der Waals surface area contributed by atoms with Gasteiger partial charge in [-0.2, -0.15) is 12.7 Å². The Hall–Kier alpha value is -2.30. The van der Waals surface area contributed by atoms with Crippen LogP contribution in [0.5, 0.6) is 0 Å². The predicted octanol–water partition coefficient (Wildman–Crippen LogP) is 2.08. The number of ketones is 1. The molecule has 1 saturated heterocycles. The molecule has 166 valence electrons. The van der Waals surface area contributed by atoms with Gasteiger partial charge in [-0.05, 0) is 31.9 Å². The summed E-state index contributed by atoms with van der Waals surface area (Å²) < 4.78 is 58.3. The first-order valence-corrected chi connectivity index (χ1v) is 11.7. The van der Waals surface area contributed by atoms with E-state index in [1.54, 1.807) is 13.0 Å². The van der Waals surface area contributed by atoms with Crippen LogP contribution in [0, 0.1) is 11.6 Å². The average molecular weight is 471 g/mol. The number of nitrogens with zero attached hydrogens (tertiary/aromatic N) is 2. The third-order valence-electron chi connectivity index (χ3n) is 5.35. The van der Waals surface area contributed by atoms with E-state index >= 15 is 4.39 Å². The number of carbonyl (C=O) groups is 1. The number of aromatic amines is 1. The van der Waals surface area contributed by atoms with Crippen molar-refractivity contribution in [3.63, 3.8) is 0 Å². The molecule has 0 spiro atoms. The number of anilines is 1. The highest BCUT2D eigenvalue weighted by Crippen LogP contribution is 2.26. The van der Waals surface area contributed by atoms with Gasteiger partial charge in [-0.3, -0.25) is 14.5 Å². The van der Waals surface area contributed by atoms with Gasteiger partial charge < -0.3 is 4.98 Å². The molecule has 1 unspecified atom stereocenters. The van der Waals surface area contributed by atoms with Crippen LogP contribution in [-0.2, 0) is 10.2 Å². The van der Waals surface area contributed by atoms with Crippen LogP contribution >= 0.6 is 11.6 Å². The molecule has 2 aliphatic rings. The lowest BCUT2D eigenvalue weighted by Gasteiger charge is -2.26. The van der Waals surface area contributed by atoms with Gasteiger partial charge in [0.05, 0.1) is 22.7 Å². The number of hydrogen-bond donors (Lipinski definition) is 2. The van der Waals surface area contributed by atoms with E-state index in [-0.39, 0.29) is 12.1 Å². The van der Waals surface area contributed by atoms with Crippen LogP contribution in [-0.4, -0.2) is 48.0 Å². The Morgan fingerprint density at radius 1 is 1.26 bits per heavy atom. The fourth-order valence-electron chi connectivity index (χ4n) is 3.75. The van der Waals surface area contributed by atoms with Gasteiger partial charge in [-0.1, -0.05) is 12.5 Å². The van der Waals surface area contributed by atoms with Crippen LogP contribution in [0.25, 0.3) is 6.08 Å². The second-order valence-corrected chi connectivity index (χ2v) is 10.4. The summed E-state index contributed by atoms with van der Waals surface area (Å²) in [6, 6.07) is 1.83. The molecule has 7 nitrogen and oxygen atoms in total. The lowest BCUT2D eigenvalue weighted by Crippen LogP contribution is -2.39. The smallest absolute Gasteiger partial charge is 0.301 e. The largest absolute Gasteiger partial charge is 0.346 e. The van der Waals surface area contributed by atoms with E-state index in [9.17, 15) is 17.6 Å². The molecule has 2 aromatic rings. The topological polar surface area (TPSA) is 94.6 Å². The van der Waals surface area contributed by atoms with Crippen molar-refractivity contribution in [3.8, 4) is 0 Å². The van der Waals surface area contributed by atoms with E-state index in [0.717, 1.165) is 18.6 Å². The highest BCUT2D eigenvalue weighted by Gasteiger charge is 2.29. The molecule has 1 atom stereocenters. The van der Waals surface area contributed by atoms with Gasteiger partial charge in [-0.25, -0.2) is 8.78 Å². The quantitative estimate of drug-likeness (QED) is 0.517. The fraction of sp³-hybridized carbons (Fsp3) is 0.400. The fourth-order valence-corrected chi connectivity index (χ4v) is 5.22. The summed E-state index contributed by atoms with van der Waals surface area (Å²) in [6.07, 6.45) is 5.25. The van der Waals surface area contributed by atoms with E-state index < -0.39 is 43.8 Å². The SMILES string of the molecule is CC1(Cl)C=c2c(C(=O)c3c(F)ccc(NS(=O)(=O)N4CCCCC4)c3F)c[nH]c2=NC1. The van der Waals surface area contributed by atoms with Gasteiger partial charge in [-0.15, -0.1) is 11.6 Å². The number of alkyl halides is 1. The summed E-state index contributed by atoms with van der Waals surface area (Å²) in [5.41, 5.74) is -0.949. The second kappa shape index (κ2) is 7.99. The molecule has 0 saturated carbocycles. The van der Waals surface area contributed by atoms with Crippen LogP contribution in [0.2, 0.25) is 0 Å². The van der Waals surface area contributed by atoms with Gasteiger partial charge in [0.2, 0.25) is 5.78 Å². The van der Waals surface area contributed by atoms with Gasteiger partial charge in [0.1, 0.15) is 11.3 Å². The maximum absolute atomic E-state index is 15.2. The number of carbonyl (C=O) groups excluding carboxylic acids is 1. The van der Waals surface area contributed by atoms with Crippen molar-refractivity contribution in [2.24, 2.45) is 4.99 Å². The molecule has 1 aromatic heterocycles. The van der Waals surface area contributed by atoms with Crippen molar-refractivity contribution in [2.45, 2.75) is 31.1 Å². The molecule has 3 heterocycles. The molecule has 0 amide bonds. The summed E-state index contributed by atoms with van der Waals surface area (Å²) in [5.74, 6) is -3.31. The number of rotatable bonds is 5. The maximum Gasteiger partial charge on any atom is 0.301 e. The molecule has 1 fully saturated rings. The van der Waals surface area contributed by atoms with Crippen molar-refractivity contribution in [2.75, 3.05) is 24.4 Å². The number of halogens is 3. The minimum atomic E-state index is -4.03. The van der Waals surface area contributed by atoms with Crippen LogP contribution in [0.15, 0.2) is 23.3 Å². The van der Waals surface area contributed by atoms with Crippen LogP contribution in [0.3, 0.4) is 0 Å². The number of aromatic nitrogens is 1. The number of benzene rings is 1. The van der Waals surface area contributed by atoms with Crippen LogP contribution < -0.4 is 15.4 Å². The van der Waals surface area contributed by atoms with E-state index in [2.05, 4.69) is 14.7 Å². The summed E-state index contributed by atoms with van der Waals surface area (Å²) >= 11 is 6.31. The Labute approximate surface area is 183 Å². The van der Waals surface area contributed by atoms with Crippen molar-refractivity contribution < 1.29 is 22.0 Å². The highest BCUT2D eigenvalue weighted by atomic mass is 35.5. The Balaban J connectivity index is 1.73. The first-order chi connectivity index (χ1) is 14.6. The third-order valence-corrected chi connectivity index (χ3v) is 7.10. The molecular formula is C20H21ClF2N4O3S. The number of piperidine rings is 1. The zero-order valence-corrected chi connectivity index (χ0v) is 18.3. The normalized spacial score (nSPS) is 21.7. The molecule has 0 bridgehead atoms. The van der Waals surface area contributed by atoms with Crippen LogP contribution in [0.1, 0.15) is 42.1 Å². The number of fused-ring (bicyclic) bond motifs is 1. The van der Waals surface area contributed by atoms with E-state index in [0.29, 0.717) is 36.6 Å². The van der Waals surface area contributed by atoms with Gasteiger partial charge in [0, 0.05) is 30.1 Å². The van der Waals surface area contributed by atoms with Gasteiger partial charge in [0.15, 0.2) is 5.82 Å². The maximum atomic E-state index is 15.2. The average Bonchev–Trinajstić information content (AvgIpc) is 3.12.